The van der Waals surface area contributed by atoms with Crippen molar-refractivity contribution in [3.8, 4) is 5.75 Å². The predicted octanol–water partition coefficient (Wildman–Crippen LogP) is 2.71. The molecule has 1 aromatic carbocycles. The van der Waals surface area contributed by atoms with Gasteiger partial charge in [-0.3, -0.25) is 4.79 Å². The first-order chi connectivity index (χ1) is 11.2. The van der Waals surface area contributed by atoms with E-state index in [1.165, 1.54) is 6.20 Å². The van der Waals surface area contributed by atoms with Gasteiger partial charge in [-0.2, -0.15) is 0 Å². The average Bonchev–Trinajstić information content (AvgIpc) is 2.62. The Morgan fingerprint density at radius 3 is 2.52 bits per heavy atom. The molecule has 0 radical (unpaired) electrons. The number of anilines is 1. The number of halogens is 1. The molecule has 120 valence electrons. The first-order valence-electron chi connectivity index (χ1n) is 7.48. The Kier molecular flexibility index (Phi) is 4.67. The number of piperazine rings is 1. The van der Waals surface area contributed by atoms with Crippen molar-refractivity contribution in [1.29, 1.82) is 0 Å². The number of hydrogen-bond acceptors (Lipinski definition) is 4. The van der Waals surface area contributed by atoms with Crippen molar-refractivity contribution in [2.24, 2.45) is 0 Å². The summed E-state index contributed by atoms with van der Waals surface area (Å²) >= 11 is 5.76. The zero-order valence-corrected chi connectivity index (χ0v) is 13.7. The van der Waals surface area contributed by atoms with Crippen LogP contribution in [0.5, 0.6) is 5.75 Å². The summed E-state index contributed by atoms with van der Waals surface area (Å²) in [7, 11) is 1.67. The van der Waals surface area contributed by atoms with Crippen LogP contribution in [-0.4, -0.2) is 49.1 Å². The van der Waals surface area contributed by atoms with Crippen LogP contribution in [-0.2, 0) is 0 Å². The number of methoxy groups -OCH3 is 1. The van der Waals surface area contributed by atoms with Crippen LogP contribution in [0.3, 0.4) is 0 Å². The lowest BCUT2D eigenvalue weighted by Gasteiger charge is -2.36. The van der Waals surface area contributed by atoms with Crippen molar-refractivity contribution in [3.63, 3.8) is 0 Å². The molecule has 5 nitrogen and oxygen atoms in total. The fraction of sp³-hybridized carbons (Fsp3) is 0.294. The lowest BCUT2D eigenvalue weighted by Crippen LogP contribution is -2.48. The third-order valence-corrected chi connectivity index (χ3v) is 4.19. The normalized spacial score (nSPS) is 14.7. The molecular formula is C17H18ClN3O2. The van der Waals surface area contributed by atoms with Crippen LogP contribution in [0.1, 0.15) is 10.4 Å². The zero-order chi connectivity index (χ0) is 16.2. The van der Waals surface area contributed by atoms with Gasteiger partial charge in [0.1, 0.15) is 10.9 Å². The largest absolute Gasteiger partial charge is 0.495 e. The summed E-state index contributed by atoms with van der Waals surface area (Å²) in [6.45, 7) is 2.87. The molecule has 1 aromatic heterocycles. The second kappa shape index (κ2) is 6.87. The molecule has 0 unspecified atom stereocenters. The first kappa shape index (κ1) is 15.6. The molecule has 0 aliphatic carbocycles. The van der Waals surface area contributed by atoms with E-state index in [1.807, 2.05) is 29.2 Å². The average molecular weight is 332 g/mol. The maximum Gasteiger partial charge on any atom is 0.255 e. The van der Waals surface area contributed by atoms with E-state index in [0.717, 1.165) is 24.5 Å². The molecular weight excluding hydrogens is 314 g/mol. The molecule has 1 aliphatic heterocycles. The van der Waals surface area contributed by atoms with Crippen LogP contribution in [0, 0.1) is 0 Å². The monoisotopic (exact) mass is 331 g/mol. The van der Waals surface area contributed by atoms with E-state index in [4.69, 9.17) is 16.3 Å². The number of para-hydroxylation sites is 2. The number of ether oxygens (including phenoxy) is 1. The number of pyridine rings is 1. The fourth-order valence-corrected chi connectivity index (χ4v) is 2.84. The number of rotatable bonds is 3. The maximum atomic E-state index is 12.5. The Hall–Kier alpha value is -2.27. The van der Waals surface area contributed by atoms with Gasteiger partial charge in [0, 0.05) is 32.4 Å². The first-order valence-corrected chi connectivity index (χ1v) is 7.85. The van der Waals surface area contributed by atoms with Crippen molar-refractivity contribution in [2.45, 2.75) is 0 Å². The van der Waals surface area contributed by atoms with Gasteiger partial charge < -0.3 is 14.5 Å². The van der Waals surface area contributed by atoms with Crippen molar-refractivity contribution in [1.82, 2.24) is 9.88 Å². The van der Waals surface area contributed by atoms with Crippen LogP contribution in [0.15, 0.2) is 42.6 Å². The van der Waals surface area contributed by atoms with Gasteiger partial charge in [0.25, 0.3) is 5.91 Å². The molecule has 1 amide bonds. The highest BCUT2D eigenvalue weighted by molar-refractivity contribution is 6.29. The Labute approximate surface area is 140 Å². The predicted molar refractivity (Wildman–Crippen MR) is 90.4 cm³/mol. The van der Waals surface area contributed by atoms with Gasteiger partial charge in [-0.1, -0.05) is 23.7 Å². The molecule has 1 aliphatic rings. The molecule has 2 aromatic rings. The lowest BCUT2D eigenvalue weighted by atomic mass is 10.2. The van der Waals surface area contributed by atoms with Gasteiger partial charge in [0.2, 0.25) is 0 Å². The van der Waals surface area contributed by atoms with Crippen LogP contribution in [0.25, 0.3) is 0 Å². The molecule has 0 bridgehead atoms. The van der Waals surface area contributed by atoms with Crippen molar-refractivity contribution in [2.75, 3.05) is 38.2 Å². The summed E-state index contributed by atoms with van der Waals surface area (Å²) in [6.07, 6.45) is 1.53. The smallest absolute Gasteiger partial charge is 0.255 e. The SMILES string of the molecule is COc1ccccc1N1CCN(C(=O)c2ccc(Cl)nc2)CC1. The number of carbonyl (C=O) groups is 1. The second-order valence-corrected chi connectivity index (χ2v) is 5.71. The molecule has 0 N–H and O–H groups in total. The lowest BCUT2D eigenvalue weighted by molar-refractivity contribution is 0.0746. The van der Waals surface area contributed by atoms with Crippen LogP contribution >= 0.6 is 11.6 Å². The Morgan fingerprint density at radius 2 is 1.87 bits per heavy atom. The molecule has 1 fully saturated rings. The van der Waals surface area contributed by atoms with Gasteiger partial charge in [-0.15, -0.1) is 0 Å². The summed E-state index contributed by atoms with van der Waals surface area (Å²) in [4.78, 5) is 20.5. The van der Waals surface area contributed by atoms with Crippen LogP contribution in [0.2, 0.25) is 5.15 Å². The van der Waals surface area contributed by atoms with E-state index in [-0.39, 0.29) is 5.91 Å². The van der Waals surface area contributed by atoms with Gasteiger partial charge >= 0.3 is 0 Å². The molecule has 3 rings (SSSR count). The number of carbonyl (C=O) groups excluding carboxylic acids is 1. The van der Waals surface area contributed by atoms with E-state index >= 15 is 0 Å². The van der Waals surface area contributed by atoms with E-state index < -0.39 is 0 Å². The van der Waals surface area contributed by atoms with E-state index in [2.05, 4.69) is 9.88 Å². The second-order valence-electron chi connectivity index (χ2n) is 5.32. The fourth-order valence-electron chi connectivity index (χ4n) is 2.73. The molecule has 0 spiro atoms. The Balaban J connectivity index is 1.66. The minimum atomic E-state index is -0.00570. The Bertz CT molecular complexity index is 682. The molecule has 6 heteroatoms. The summed E-state index contributed by atoms with van der Waals surface area (Å²) in [5, 5.41) is 0.391. The quantitative estimate of drug-likeness (QED) is 0.811. The molecule has 23 heavy (non-hydrogen) atoms. The summed E-state index contributed by atoms with van der Waals surface area (Å²) in [5.41, 5.74) is 1.63. The van der Waals surface area contributed by atoms with Gasteiger partial charge in [0.15, 0.2) is 0 Å². The molecule has 2 heterocycles. The van der Waals surface area contributed by atoms with Crippen molar-refractivity contribution < 1.29 is 9.53 Å². The molecule has 0 atom stereocenters. The molecule has 1 saturated heterocycles. The summed E-state index contributed by atoms with van der Waals surface area (Å²) in [5.74, 6) is 0.850. The number of amides is 1. The Morgan fingerprint density at radius 1 is 1.13 bits per heavy atom. The van der Waals surface area contributed by atoms with Crippen LogP contribution < -0.4 is 9.64 Å². The number of benzene rings is 1. The third-order valence-electron chi connectivity index (χ3n) is 3.97. The van der Waals surface area contributed by atoms with Crippen LogP contribution in [0.4, 0.5) is 5.69 Å². The number of nitrogens with zero attached hydrogens (tertiary/aromatic N) is 3. The molecule has 0 saturated carbocycles. The summed E-state index contributed by atoms with van der Waals surface area (Å²) < 4.78 is 5.41. The van der Waals surface area contributed by atoms with Crippen molar-refractivity contribution >= 4 is 23.2 Å². The third kappa shape index (κ3) is 3.40. The highest BCUT2D eigenvalue weighted by Gasteiger charge is 2.23. The van der Waals surface area contributed by atoms with Gasteiger partial charge in [-0.05, 0) is 24.3 Å². The van der Waals surface area contributed by atoms with E-state index in [9.17, 15) is 4.79 Å². The van der Waals surface area contributed by atoms with E-state index in [1.54, 1.807) is 19.2 Å². The van der Waals surface area contributed by atoms with E-state index in [0.29, 0.717) is 23.8 Å². The topological polar surface area (TPSA) is 45.7 Å². The minimum absolute atomic E-state index is 0.00570. The number of hydrogen-bond donors (Lipinski definition) is 0. The maximum absolute atomic E-state index is 12.5. The summed E-state index contributed by atoms with van der Waals surface area (Å²) in [6, 6.07) is 11.3. The highest BCUT2D eigenvalue weighted by Crippen LogP contribution is 2.28. The minimum Gasteiger partial charge on any atom is -0.495 e. The van der Waals surface area contributed by atoms with Gasteiger partial charge in [0.05, 0.1) is 18.4 Å². The van der Waals surface area contributed by atoms with Gasteiger partial charge in [-0.25, -0.2) is 4.98 Å². The highest BCUT2D eigenvalue weighted by atomic mass is 35.5. The standard InChI is InChI=1S/C17H18ClN3O2/c1-23-15-5-3-2-4-14(15)20-8-10-21(11-9-20)17(22)13-6-7-16(18)19-12-13/h2-7,12H,8-11H2,1H3. The zero-order valence-electron chi connectivity index (χ0n) is 12.9. The van der Waals surface area contributed by atoms with Crippen molar-refractivity contribution in [3.05, 3.63) is 53.3 Å². The number of aromatic nitrogens is 1.